The molecule has 0 aliphatic rings. The highest BCUT2D eigenvalue weighted by molar-refractivity contribution is 7.89. The highest BCUT2D eigenvalue weighted by atomic mass is 32.2. The normalized spacial score (nSPS) is 12.1. The number of halogens is 3. The van der Waals surface area contributed by atoms with E-state index in [4.69, 9.17) is 4.74 Å². The summed E-state index contributed by atoms with van der Waals surface area (Å²) in [7, 11) is -2.78. The van der Waals surface area contributed by atoms with Gasteiger partial charge in [-0.2, -0.15) is 17.5 Å². The van der Waals surface area contributed by atoms with Crippen molar-refractivity contribution in [3.63, 3.8) is 0 Å². The molecule has 28 heavy (non-hydrogen) atoms. The van der Waals surface area contributed by atoms with Gasteiger partial charge in [0.2, 0.25) is 15.9 Å². The maximum atomic E-state index is 13.0. The second-order valence-electron chi connectivity index (χ2n) is 5.67. The number of hydrogen-bond acceptors (Lipinski definition) is 4. The molecule has 0 saturated carbocycles. The minimum atomic E-state index is -4.65. The molecule has 2 aromatic carbocycles. The smallest absolute Gasteiger partial charge is 0.418 e. The summed E-state index contributed by atoms with van der Waals surface area (Å²) in [5.41, 5.74) is -1.45. The van der Waals surface area contributed by atoms with Crippen LogP contribution in [0.25, 0.3) is 0 Å². The molecular weight excluding hydrogens is 397 g/mol. The van der Waals surface area contributed by atoms with E-state index in [0.717, 1.165) is 16.4 Å². The molecule has 0 bridgehead atoms. The van der Waals surface area contributed by atoms with Crippen molar-refractivity contribution >= 4 is 21.6 Å². The molecule has 0 fully saturated rings. The zero-order chi connectivity index (χ0) is 20.9. The quantitative estimate of drug-likeness (QED) is 0.751. The molecule has 1 N–H and O–H groups in total. The first-order valence-corrected chi connectivity index (χ1v) is 9.64. The van der Waals surface area contributed by atoms with Crippen molar-refractivity contribution in [2.45, 2.75) is 18.0 Å². The Morgan fingerprint density at radius 3 is 2.32 bits per heavy atom. The molecule has 0 unspecified atom stereocenters. The van der Waals surface area contributed by atoms with Gasteiger partial charge in [-0.3, -0.25) is 4.79 Å². The van der Waals surface area contributed by atoms with Gasteiger partial charge >= 0.3 is 6.18 Å². The van der Waals surface area contributed by atoms with Crippen LogP contribution in [0.2, 0.25) is 0 Å². The number of nitrogens with one attached hydrogen (secondary N) is 1. The van der Waals surface area contributed by atoms with Gasteiger partial charge < -0.3 is 10.1 Å². The van der Waals surface area contributed by atoms with E-state index in [1.54, 1.807) is 6.07 Å². The van der Waals surface area contributed by atoms with Crippen LogP contribution in [0.5, 0.6) is 5.75 Å². The van der Waals surface area contributed by atoms with E-state index in [9.17, 15) is 26.4 Å². The number of hydrogen-bond donors (Lipinski definition) is 1. The number of benzene rings is 2. The van der Waals surface area contributed by atoms with Crippen molar-refractivity contribution < 1.29 is 31.1 Å². The van der Waals surface area contributed by atoms with Crippen molar-refractivity contribution in [3.05, 3.63) is 54.1 Å². The van der Waals surface area contributed by atoms with Crippen molar-refractivity contribution in [2.24, 2.45) is 0 Å². The highest BCUT2D eigenvalue weighted by Gasteiger charge is 2.34. The Bertz CT molecular complexity index is 946. The van der Waals surface area contributed by atoms with Gasteiger partial charge in [-0.25, -0.2) is 8.42 Å². The summed E-state index contributed by atoms with van der Waals surface area (Å²) in [5.74, 6) is -0.791. The summed E-state index contributed by atoms with van der Waals surface area (Å²) in [4.78, 5) is 12.1. The molecule has 0 aromatic heterocycles. The molecule has 0 spiro atoms. The fraction of sp³-hybridized carbons (Fsp3) is 0.278. The fourth-order valence-electron chi connectivity index (χ4n) is 2.53. The van der Waals surface area contributed by atoms with Crippen molar-refractivity contribution in [2.75, 3.05) is 25.5 Å². The number of methoxy groups -OCH3 is 1. The Kier molecular flexibility index (Phi) is 6.68. The zero-order valence-electron chi connectivity index (χ0n) is 15.2. The number of para-hydroxylation sites is 2. The molecule has 1 amide bonds. The Balaban J connectivity index is 2.25. The number of alkyl halides is 3. The largest absolute Gasteiger partial charge is 0.495 e. The van der Waals surface area contributed by atoms with E-state index in [-0.39, 0.29) is 17.2 Å². The van der Waals surface area contributed by atoms with Crippen LogP contribution in [0.15, 0.2) is 53.4 Å². The van der Waals surface area contributed by atoms with Gasteiger partial charge in [-0.1, -0.05) is 31.2 Å². The van der Waals surface area contributed by atoms with Crippen molar-refractivity contribution in [1.82, 2.24) is 4.31 Å². The van der Waals surface area contributed by atoms with Gasteiger partial charge in [-0.05, 0) is 24.3 Å². The maximum Gasteiger partial charge on any atom is 0.418 e. The third-order valence-corrected chi connectivity index (χ3v) is 5.83. The minimum Gasteiger partial charge on any atom is -0.495 e. The Morgan fingerprint density at radius 2 is 1.71 bits per heavy atom. The van der Waals surface area contributed by atoms with Gasteiger partial charge in [0.25, 0.3) is 0 Å². The molecule has 6 nitrogen and oxygen atoms in total. The molecule has 2 aromatic rings. The third-order valence-electron chi connectivity index (χ3n) is 3.87. The molecule has 0 aliphatic heterocycles. The van der Waals surface area contributed by atoms with Gasteiger partial charge in [-0.15, -0.1) is 0 Å². The molecular formula is C18H19F3N2O4S. The predicted molar refractivity (Wildman–Crippen MR) is 97.5 cm³/mol. The Morgan fingerprint density at radius 1 is 1.11 bits per heavy atom. The number of anilines is 1. The van der Waals surface area contributed by atoms with E-state index in [1.807, 2.05) is 0 Å². The van der Waals surface area contributed by atoms with Gasteiger partial charge in [0.1, 0.15) is 10.6 Å². The van der Waals surface area contributed by atoms with E-state index in [0.29, 0.717) is 0 Å². The second kappa shape index (κ2) is 8.61. The number of nitrogens with zero attached hydrogens (tertiary/aromatic N) is 1. The van der Waals surface area contributed by atoms with Crippen LogP contribution >= 0.6 is 0 Å². The average Bonchev–Trinajstić information content (AvgIpc) is 2.65. The van der Waals surface area contributed by atoms with E-state index in [1.165, 1.54) is 44.4 Å². The highest BCUT2D eigenvalue weighted by Crippen LogP contribution is 2.34. The van der Waals surface area contributed by atoms with Crippen LogP contribution in [0.1, 0.15) is 12.5 Å². The molecule has 0 heterocycles. The topological polar surface area (TPSA) is 75.7 Å². The second-order valence-corrected chi connectivity index (χ2v) is 7.58. The standard InChI is InChI=1S/C18H19F3N2O4S/c1-3-23(28(25,26)16-11-7-6-10-15(16)27-2)12-17(24)22-14-9-5-4-8-13(14)18(19,20)21/h4-11H,3,12H2,1-2H3,(H,22,24). The van der Waals surface area contributed by atoms with Crippen LogP contribution in [-0.2, 0) is 21.0 Å². The average molecular weight is 416 g/mol. The summed E-state index contributed by atoms with van der Waals surface area (Å²) in [6.45, 7) is 0.807. The van der Waals surface area contributed by atoms with Gasteiger partial charge in [0, 0.05) is 6.54 Å². The molecule has 0 saturated heterocycles. The summed E-state index contributed by atoms with van der Waals surface area (Å²) in [5, 5.41) is 2.14. The lowest BCUT2D eigenvalue weighted by molar-refractivity contribution is -0.137. The van der Waals surface area contributed by atoms with Crippen LogP contribution in [-0.4, -0.2) is 38.8 Å². The molecule has 0 radical (unpaired) electrons. The van der Waals surface area contributed by atoms with Crippen LogP contribution in [0.3, 0.4) is 0 Å². The van der Waals surface area contributed by atoms with Crippen LogP contribution < -0.4 is 10.1 Å². The van der Waals surface area contributed by atoms with Crippen LogP contribution in [0.4, 0.5) is 18.9 Å². The molecule has 2 rings (SSSR count). The number of sulfonamides is 1. The first-order valence-electron chi connectivity index (χ1n) is 8.20. The van der Waals surface area contributed by atoms with Crippen molar-refractivity contribution in [3.8, 4) is 5.75 Å². The summed E-state index contributed by atoms with van der Waals surface area (Å²) >= 11 is 0. The minimum absolute atomic E-state index is 0.0608. The molecule has 152 valence electrons. The lowest BCUT2D eigenvalue weighted by atomic mass is 10.1. The van der Waals surface area contributed by atoms with E-state index in [2.05, 4.69) is 5.32 Å². The number of ether oxygens (including phenoxy) is 1. The monoisotopic (exact) mass is 416 g/mol. The molecule has 0 aliphatic carbocycles. The summed E-state index contributed by atoms with van der Waals surface area (Å²) in [6.07, 6.45) is -4.65. The molecule has 0 atom stereocenters. The summed E-state index contributed by atoms with van der Waals surface area (Å²) < 4.78 is 70.7. The fourth-order valence-corrected chi connectivity index (χ4v) is 4.09. The number of rotatable bonds is 7. The Labute approximate surface area is 161 Å². The van der Waals surface area contributed by atoms with Crippen LogP contribution in [0, 0.1) is 0 Å². The van der Waals surface area contributed by atoms with Gasteiger partial charge in [0.05, 0.1) is 24.9 Å². The molecule has 10 heteroatoms. The van der Waals surface area contributed by atoms with E-state index < -0.39 is 39.9 Å². The predicted octanol–water partition coefficient (Wildman–Crippen LogP) is 3.36. The first-order chi connectivity index (χ1) is 13.1. The third kappa shape index (κ3) is 4.82. The number of carbonyl (C=O) groups excluding carboxylic acids is 1. The van der Waals surface area contributed by atoms with Crippen molar-refractivity contribution in [1.29, 1.82) is 0 Å². The first kappa shape index (κ1) is 21.7. The SMILES string of the molecule is CCN(CC(=O)Nc1ccccc1C(F)(F)F)S(=O)(=O)c1ccccc1OC. The zero-order valence-corrected chi connectivity index (χ0v) is 16.0. The number of carbonyl (C=O) groups is 1. The maximum absolute atomic E-state index is 13.0. The Hall–Kier alpha value is -2.59. The lowest BCUT2D eigenvalue weighted by Crippen LogP contribution is -2.38. The number of likely N-dealkylation sites (N-methyl/N-ethyl adjacent to an activating group) is 1. The lowest BCUT2D eigenvalue weighted by Gasteiger charge is -2.21. The van der Waals surface area contributed by atoms with Gasteiger partial charge in [0.15, 0.2) is 0 Å². The summed E-state index contributed by atoms with van der Waals surface area (Å²) in [6, 6.07) is 10.4. The van der Waals surface area contributed by atoms with E-state index >= 15 is 0 Å². The number of amides is 1.